The zero-order valence-corrected chi connectivity index (χ0v) is 11.7. The number of amides is 1. The number of hydrogen-bond donors (Lipinski definition) is 1. The first-order valence-corrected chi connectivity index (χ1v) is 6.63. The predicted octanol–water partition coefficient (Wildman–Crippen LogP) is 2.24. The molecule has 0 bridgehead atoms. The first kappa shape index (κ1) is 13.0. The molecule has 0 saturated heterocycles. The minimum absolute atomic E-state index is 0.224. The van der Waals surface area contributed by atoms with Crippen LogP contribution in [0.5, 0.6) is 5.75 Å². The van der Waals surface area contributed by atoms with Gasteiger partial charge in [-0.15, -0.1) is 0 Å². The molecule has 0 spiro atoms. The van der Waals surface area contributed by atoms with Crippen LogP contribution in [-0.4, -0.2) is 22.5 Å². The van der Waals surface area contributed by atoms with E-state index in [-0.39, 0.29) is 24.2 Å². The summed E-state index contributed by atoms with van der Waals surface area (Å²) in [5.41, 5.74) is 0.956. The Morgan fingerprint density at radius 2 is 2.30 bits per heavy atom. The van der Waals surface area contributed by atoms with E-state index in [0.29, 0.717) is 10.2 Å². The van der Waals surface area contributed by atoms with Crippen molar-refractivity contribution < 1.29 is 13.9 Å². The molecular weight excluding hydrogens is 329 g/mol. The molecule has 20 heavy (non-hydrogen) atoms. The highest BCUT2D eigenvalue weighted by Crippen LogP contribution is 2.36. The maximum Gasteiger partial charge on any atom is 0.272 e. The Balaban J connectivity index is 1.82. The Kier molecular flexibility index (Phi) is 3.35. The van der Waals surface area contributed by atoms with Gasteiger partial charge in [0.25, 0.3) is 5.91 Å². The van der Waals surface area contributed by atoms with Crippen LogP contribution in [0.3, 0.4) is 0 Å². The number of rotatable bonds is 2. The molecule has 0 aliphatic carbocycles. The molecule has 3 rings (SSSR count). The third kappa shape index (κ3) is 2.36. The number of benzene rings is 1. The highest BCUT2D eigenvalue weighted by Gasteiger charge is 2.27. The predicted molar refractivity (Wildman–Crippen MR) is 71.8 cm³/mol. The zero-order chi connectivity index (χ0) is 14.1. The van der Waals surface area contributed by atoms with Crippen LogP contribution in [0.1, 0.15) is 22.1 Å². The highest BCUT2D eigenvalue weighted by atomic mass is 79.9. The number of nitrogens with zero attached hydrogens (tertiary/aromatic N) is 2. The average molecular weight is 338 g/mol. The molecular formula is C13H9BrFN3O2. The maximum absolute atomic E-state index is 13.4. The van der Waals surface area contributed by atoms with E-state index in [1.807, 2.05) is 0 Å². The number of hydrogen-bond acceptors (Lipinski definition) is 4. The Hall–Kier alpha value is -2.02. The van der Waals surface area contributed by atoms with Crippen LogP contribution in [-0.2, 0) is 0 Å². The van der Waals surface area contributed by atoms with Gasteiger partial charge >= 0.3 is 0 Å². The number of carbonyl (C=O) groups is 1. The van der Waals surface area contributed by atoms with Crippen molar-refractivity contribution in [3.8, 4) is 5.75 Å². The molecule has 1 aromatic heterocycles. The van der Waals surface area contributed by atoms with E-state index in [4.69, 9.17) is 4.74 Å². The zero-order valence-electron chi connectivity index (χ0n) is 10.1. The van der Waals surface area contributed by atoms with Crippen LogP contribution in [0.2, 0.25) is 0 Å². The average Bonchev–Trinajstić information content (AvgIpc) is 2.83. The van der Waals surface area contributed by atoms with E-state index in [1.165, 1.54) is 24.7 Å². The molecule has 0 fully saturated rings. The lowest BCUT2D eigenvalue weighted by atomic mass is 10.1. The lowest BCUT2D eigenvalue weighted by molar-refractivity contribution is 0.0925. The van der Waals surface area contributed by atoms with Crippen molar-refractivity contribution in [2.75, 3.05) is 6.61 Å². The van der Waals surface area contributed by atoms with Gasteiger partial charge in [-0.1, -0.05) is 0 Å². The Morgan fingerprint density at radius 3 is 3.05 bits per heavy atom. The summed E-state index contributed by atoms with van der Waals surface area (Å²) in [6.07, 6.45) is 4.32. The Labute approximate surface area is 122 Å². The molecule has 102 valence electrons. The van der Waals surface area contributed by atoms with Crippen molar-refractivity contribution in [2.24, 2.45) is 0 Å². The number of aromatic nitrogens is 2. The Bertz CT molecular complexity index is 666. The fraction of sp³-hybridized carbons (Fsp3) is 0.154. The van der Waals surface area contributed by atoms with Gasteiger partial charge in [-0.05, 0) is 22.0 Å². The molecule has 7 heteroatoms. The topological polar surface area (TPSA) is 64.1 Å². The second-order valence-corrected chi connectivity index (χ2v) is 5.09. The number of carbonyl (C=O) groups excluding carboxylic acids is 1. The maximum atomic E-state index is 13.4. The van der Waals surface area contributed by atoms with E-state index in [9.17, 15) is 9.18 Å². The molecule has 1 amide bonds. The third-order valence-corrected chi connectivity index (χ3v) is 3.54. The van der Waals surface area contributed by atoms with Crippen molar-refractivity contribution in [1.29, 1.82) is 0 Å². The van der Waals surface area contributed by atoms with Gasteiger partial charge in [0, 0.05) is 24.0 Å². The minimum Gasteiger partial charge on any atom is -0.491 e. The summed E-state index contributed by atoms with van der Waals surface area (Å²) in [6.45, 7) is 0.261. The van der Waals surface area contributed by atoms with Crippen LogP contribution in [0.15, 0.2) is 35.2 Å². The van der Waals surface area contributed by atoms with Gasteiger partial charge in [0.2, 0.25) is 0 Å². The van der Waals surface area contributed by atoms with Crippen LogP contribution in [0.25, 0.3) is 0 Å². The van der Waals surface area contributed by atoms with E-state index < -0.39 is 5.82 Å². The molecule has 0 saturated carbocycles. The fourth-order valence-corrected chi connectivity index (χ4v) is 2.33. The molecule has 1 aliphatic heterocycles. The standard InChI is InChI=1S/C13H9BrFN3O2/c14-8-3-7-11(6-20-12(7)4-9(8)15)18-13(19)10-5-16-1-2-17-10/h1-5,11H,6H2,(H,18,19)/t11-/m1/s1. The molecule has 1 N–H and O–H groups in total. The lowest BCUT2D eigenvalue weighted by Gasteiger charge is -2.11. The van der Waals surface area contributed by atoms with E-state index in [0.717, 1.165) is 5.56 Å². The largest absolute Gasteiger partial charge is 0.491 e. The second kappa shape index (κ2) is 5.16. The van der Waals surface area contributed by atoms with Gasteiger partial charge in [0.1, 0.15) is 23.9 Å². The van der Waals surface area contributed by atoms with Crippen LogP contribution in [0.4, 0.5) is 4.39 Å². The van der Waals surface area contributed by atoms with Crippen LogP contribution < -0.4 is 10.1 Å². The third-order valence-electron chi connectivity index (χ3n) is 2.93. The number of halogens is 2. The van der Waals surface area contributed by atoms with Gasteiger partial charge < -0.3 is 10.1 Å². The van der Waals surface area contributed by atoms with Crippen LogP contribution in [0, 0.1) is 5.82 Å². The quantitative estimate of drug-likeness (QED) is 0.912. The highest BCUT2D eigenvalue weighted by molar-refractivity contribution is 9.10. The lowest BCUT2D eigenvalue weighted by Crippen LogP contribution is -2.30. The summed E-state index contributed by atoms with van der Waals surface area (Å²) in [6, 6.07) is 2.57. The van der Waals surface area contributed by atoms with Crippen molar-refractivity contribution in [2.45, 2.75) is 6.04 Å². The SMILES string of the molecule is O=C(N[C@@H]1COc2cc(F)c(Br)cc21)c1cnccn1. The van der Waals surface area contributed by atoms with Crippen LogP contribution >= 0.6 is 15.9 Å². The summed E-state index contributed by atoms with van der Waals surface area (Å²) in [4.78, 5) is 19.8. The molecule has 0 unspecified atom stereocenters. The number of fused-ring (bicyclic) bond motifs is 1. The summed E-state index contributed by atoms with van der Waals surface area (Å²) < 4.78 is 19.1. The number of nitrogens with one attached hydrogen (secondary N) is 1. The Morgan fingerprint density at radius 1 is 1.45 bits per heavy atom. The van der Waals surface area contributed by atoms with E-state index in [2.05, 4.69) is 31.2 Å². The van der Waals surface area contributed by atoms with Crippen molar-refractivity contribution in [1.82, 2.24) is 15.3 Å². The van der Waals surface area contributed by atoms with Gasteiger partial charge in [-0.3, -0.25) is 9.78 Å². The van der Waals surface area contributed by atoms with Gasteiger partial charge in [-0.2, -0.15) is 0 Å². The van der Waals surface area contributed by atoms with Crippen molar-refractivity contribution >= 4 is 21.8 Å². The molecule has 5 nitrogen and oxygen atoms in total. The molecule has 2 heterocycles. The van der Waals surface area contributed by atoms with Gasteiger partial charge in [-0.25, -0.2) is 9.37 Å². The van der Waals surface area contributed by atoms with Crippen molar-refractivity contribution in [3.05, 3.63) is 52.3 Å². The van der Waals surface area contributed by atoms with E-state index in [1.54, 1.807) is 6.07 Å². The number of ether oxygens (including phenoxy) is 1. The van der Waals surface area contributed by atoms with E-state index >= 15 is 0 Å². The van der Waals surface area contributed by atoms with Gasteiger partial charge in [0.15, 0.2) is 0 Å². The molecule has 1 aromatic carbocycles. The fourth-order valence-electron chi connectivity index (χ4n) is 1.97. The summed E-state index contributed by atoms with van der Waals surface area (Å²) in [5, 5.41) is 2.79. The van der Waals surface area contributed by atoms with Crippen molar-refractivity contribution in [3.63, 3.8) is 0 Å². The smallest absolute Gasteiger partial charge is 0.272 e. The summed E-state index contributed by atoms with van der Waals surface area (Å²) in [7, 11) is 0. The molecule has 1 atom stereocenters. The first-order chi connectivity index (χ1) is 9.65. The summed E-state index contributed by atoms with van der Waals surface area (Å²) >= 11 is 3.12. The molecule has 2 aromatic rings. The molecule has 0 radical (unpaired) electrons. The normalized spacial score (nSPS) is 16.4. The molecule has 1 aliphatic rings. The summed E-state index contributed by atoms with van der Waals surface area (Å²) in [5.74, 6) is -0.306. The first-order valence-electron chi connectivity index (χ1n) is 5.84. The van der Waals surface area contributed by atoms with Gasteiger partial charge in [0.05, 0.1) is 16.7 Å². The second-order valence-electron chi connectivity index (χ2n) is 4.23. The minimum atomic E-state index is -0.398. The monoisotopic (exact) mass is 337 g/mol.